The molecule has 0 saturated carbocycles. The predicted molar refractivity (Wildman–Crippen MR) is 94.8 cm³/mol. The van der Waals surface area contributed by atoms with Crippen LogP contribution >= 0.6 is 0 Å². The molecule has 0 unspecified atom stereocenters. The third-order valence-electron chi connectivity index (χ3n) is 4.34. The van der Waals surface area contributed by atoms with E-state index in [-0.39, 0.29) is 5.78 Å². The fourth-order valence-electron chi connectivity index (χ4n) is 3.02. The first-order chi connectivity index (χ1) is 11.1. The second kappa shape index (κ2) is 8.66. The quantitative estimate of drug-likeness (QED) is 0.642. The average molecular weight is 313 g/mol. The van der Waals surface area contributed by atoms with E-state index in [0.717, 1.165) is 43.3 Å². The number of rotatable bonds is 10. The number of hydrogen-bond acceptors (Lipinski definition) is 2. The first kappa shape index (κ1) is 17.5. The van der Waals surface area contributed by atoms with Gasteiger partial charge in [0.2, 0.25) is 0 Å². The van der Waals surface area contributed by atoms with Gasteiger partial charge in [-0.1, -0.05) is 38.0 Å². The number of H-pyrrole nitrogens is 1. The molecule has 3 heteroatoms. The van der Waals surface area contributed by atoms with Crippen molar-refractivity contribution in [3.8, 4) is 0 Å². The maximum Gasteiger partial charge on any atom is 0.133 e. The molecule has 0 aliphatic rings. The molecule has 0 saturated heterocycles. The van der Waals surface area contributed by atoms with Gasteiger partial charge < -0.3 is 9.78 Å². The minimum atomic E-state index is 0.199. The number of aromatic amines is 1. The van der Waals surface area contributed by atoms with Crippen LogP contribution in [0.4, 0.5) is 0 Å². The number of aryl methyl sites for hydroxylation is 2. The number of unbranched alkanes of at least 4 members (excludes halogenated alkanes) is 2. The Morgan fingerprint density at radius 1 is 1.00 bits per heavy atom. The number of para-hydroxylation sites is 1. The van der Waals surface area contributed by atoms with E-state index in [2.05, 4.69) is 24.0 Å². The van der Waals surface area contributed by atoms with Gasteiger partial charge in [0.15, 0.2) is 0 Å². The number of aromatic nitrogens is 1. The summed E-state index contributed by atoms with van der Waals surface area (Å²) in [5, 5.41) is 1.19. The van der Waals surface area contributed by atoms with E-state index in [0.29, 0.717) is 25.0 Å². The number of fused-ring (bicyclic) bond motifs is 1. The fraction of sp³-hybridized carbons (Fsp3) is 0.500. The van der Waals surface area contributed by atoms with Crippen molar-refractivity contribution >= 4 is 22.5 Å². The molecular formula is C20H27NO2. The van der Waals surface area contributed by atoms with E-state index in [1.54, 1.807) is 6.92 Å². The second-order valence-corrected chi connectivity index (χ2v) is 6.33. The smallest absolute Gasteiger partial charge is 0.133 e. The van der Waals surface area contributed by atoms with Crippen molar-refractivity contribution in [2.24, 2.45) is 0 Å². The van der Waals surface area contributed by atoms with Crippen LogP contribution in [0.1, 0.15) is 63.6 Å². The van der Waals surface area contributed by atoms with Crippen LogP contribution in [0.15, 0.2) is 24.3 Å². The number of carbonyl (C=O) groups is 2. The molecule has 2 aromatic rings. The molecule has 124 valence electrons. The van der Waals surface area contributed by atoms with Crippen LogP contribution in [0.2, 0.25) is 0 Å². The van der Waals surface area contributed by atoms with E-state index >= 15 is 0 Å². The minimum absolute atomic E-state index is 0.199. The van der Waals surface area contributed by atoms with Crippen LogP contribution in [0.25, 0.3) is 10.9 Å². The van der Waals surface area contributed by atoms with Crippen LogP contribution in [0.5, 0.6) is 0 Å². The van der Waals surface area contributed by atoms with Gasteiger partial charge in [-0.3, -0.25) is 4.79 Å². The zero-order valence-corrected chi connectivity index (χ0v) is 14.3. The van der Waals surface area contributed by atoms with Crippen LogP contribution in [0, 0.1) is 0 Å². The number of carbonyl (C=O) groups excluding carboxylic acids is 2. The zero-order chi connectivity index (χ0) is 16.7. The standard InChI is InChI=1S/C20H27NO2/c1-3-4-5-8-16(23)12-13-18-17-9-6-7-10-19(17)21-20(18)14-11-15(2)22/h6-7,9-10,21H,3-5,8,11-14H2,1-2H3. The highest BCUT2D eigenvalue weighted by molar-refractivity contribution is 5.86. The van der Waals surface area contributed by atoms with Crippen LogP contribution in [-0.2, 0) is 22.4 Å². The van der Waals surface area contributed by atoms with Gasteiger partial charge in [-0.2, -0.15) is 0 Å². The van der Waals surface area contributed by atoms with E-state index in [9.17, 15) is 9.59 Å². The molecule has 1 heterocycles. The number of benzene rings is 1. The molecule has 1 aromatic carbocycles. The van der Waals surface area contributed by atoms with Gasteiger partial charge in [-0.25, -0.2) is 0 Å². The Kier molecular flexibility index (Phi) is 6.57. The molecule has 0 bridgehead atoms. The molecular weight excluding hydrogens is 286 g/mol. The maximum atomic E-state index is 12.1. The summed E-state index contributed by atoms with van der Waals surface area (Å²) in [4.78, 5) is 26.8. The summed E-state index contributed by atoms with van der Waals surface area (Å²) in [5.41, 5.74) is 3.42. The monoisotopic (exact) mass is 313 g/mol. The zero-order valence-electron chi connectivity index (χ0n) is 14.3. The topological polar surface area (TPSA) is 49.9 Å². The SMILES string of the molecule is CCCCCC(=O)CCc1c(CCC(C)=O)[nH]c2ccccc12. The first-order valence-electron chi connectivity index (χ1n) is 8.71. The molecule has 3 nitrogen and oxygen atoms in total. The summed E-state index contributed by atoms with van der Waals surface area (Å²) in [6, 6.07) is 8.18. The van der Waals surface area contributed by atoms with Crippen LogP contribution < -0.4 is 0 Å². The molecule has 0 amide bonds. The number of ketones is 2. The molecule has 0 fully saturated rings. The Labute approximate surface area is 138 Å². The molecule has 0 spiro atoms. The Bertz CT molecular complexity index is 669. The minimum Gasteiger partial charge on any atom is -0.358 e. The normalized spacial score (nSPS) is 11.0. The summed E-state index contributed by atoms with van der Waals surface area (Å²) in [7, 11) is 0. The summed E-state index contributed by atoms with van der Waals surface area (Å²) >= 11 is 0. The lowest BCUT2D eigenvalue weighted by atomic mass is 9.99. The highest BCUT2D eigenvalue weighted by atomic mass is 16.1. The van der Waals surface area contributed by atoms with E-state index in [1.807, 2.05) is 12.1 Å². The Balaban J connectivity index is 2.08. The summed E-state index contributed by atoms with van der Waals surface area (Å²) in [5.74, 6) is 0.548. The lowest BCUT2D eigenvalue weighted by Gasteiger charge is -2.05. The van der Waals surface area contributed by atoms with Gasteiger partial charge in [0.25, 0.3) is 0 Å². The van der Waals surface area contributed by atoms with E-state index < -0.39 is 0 Å². The lowest BCUT2D eigenvalue weighted by Crippen LogP contribution is -2.03. The van der Waals surface area contributed by atoms with Crippen molar-refractivity contribution in [2.75, 3.05) is 0 Å². The average Bonchev–Trinajstić information content (AvgIpc) is 2.89. The molecule has 23 heavy (non-hydrogen) atoms. The first-order valence-corrected chi connectivity index (χ1v) is 8.71. The fourth-order valence-corrected chi connectivity index (χ4v) is 3.02. The highest BCUT2D eigenvalue weighted by Gasteiger charge is 2.13. The second-order valence-electron chi connectivity index (χ2n) is 6.33. The summed E-state index contributed by atoms with van der Waals surface area (Å²) in [6.07, 6.45) is 6.60. The van der Waals surface area contributed by atoms with Crippen LogP contribution in [-0.4, -0.2) is 16.6 Å². The molecule has 1 aromatic heterocycles. The molecule has 1 N–H and O–H groups in total. The van der Waals surface area contributed by atoms with Gasteiger partial charge in [-0.15, -0.1) is 0 Å². The third-order valence-corrected chi connectivity index (χ3v) is 4.34. The number of Topliss-reactive ketones (excluding diaryl/α,β-unsaturated/α-hetero) is 2. The van der Waals surface area contributed by atoms with E-state index in [4.69, 9.17) is 0 Å². The molecule has 2 rings (SSSR count). The maximum absolute atomic E-state index is 12.1. The van der Waals surface area contributed by atoms with Crippen molar-refractivity contribution in [1.82, 2.24) is 4.98 Å². The van der Waals surface area contributed by atoms with Crippen molar-refractivity contribution in [2.45, 2.75) is 65.2 Å². The van der Waals surface area contributed by atoms with Crippen molar-refractivity contribution < 1.29 is 9.59 Å². The van der Waals surface area contributed by atoms with E-state index in [1.165, 1.54) is 10.9 Å². The third kappa shape index (κ3) is 5.05. The van der Waals surface area contributed by atoms with Gasteiger partial charge in [0.1, 0.15) is 11.6 Å². The van der Waals surface area contributed by atoms with Crippen molar-refractivity contribution in [3.63, 3.8) is 0 Å². The van der Waals surface area contributed by atoms with Gasteiger partial charge in [0.05, 0.1) is 0 Å². The van der Waals surface area contributed by atoms with Gasteiger partial charge >= 0.3 is 0 Å². The van der Waals surface area contributed by atoms with Crippen LogP contribution in [0.3, 0.4) is 0 Å². The lowest BCUT2D eigenvalue weighted by molar-refractivity contribution is -0.119. The largest absolute Gasteiger partial charge is 0.358 e. The number of nitrogens with one attached hydrogen (secondary N) is 1. The highest BCUT2D eigenvalue weighted by Crippen LogP contribution is 2.25. The molecule has 0 aliphatic heterocycles. The summed E-state index contributed by atoms with van der Waals surface area (Å²) in [6.45, 7) is 3.78. The predicted octanol–water partition coefficient (Wildman–Crippen LogP) is 4.77. The Hall–Kier alpha value is -1.90. The van der Waals surface area contributed by atoms with Gasteiger partial charge in [0, 0.05) is 35.9 Å². The number of hydrogen-bond donors (Lipinski definition) is 1. The molecule has 0 atom stereocenters. The Morgan fingerprint density at radius 2 is 1.78 bits per heavy atom. The summed E-state index contributed by atoms with van der Waals surface area (Å²) < 4.78 is 0. The Morgan fingerprint density at radius 3 is 2.52 bits per heavy atom. The van der Waals surface area contributed by atoms with Gasteiger partial charge in [-0.05, 0) is 37.8 Å². The molecule has 0 aliphatic carbocycles. The van der Waals surface area contributed by atoms with Crippen molar-refractivity contribution in [1.29, 1.82) is 0 Å². The van der Waals surface area contributed by atoms with Crippen molar-refractivity contribution in [3.05, 3.63) is 35.5 Å². The molecule has 0 radical (unpaired) electrons.